The number of morpholine rings is 1. The van der Waals surface area contributed by atoms with E-state index in [0.717, 1.165) is 41.8 Å². The molecule has 214 valence electrons. The second-order valence-electron chi connectivity index (χ2n) is 9.47. The molecular formula is C29H33F3N4O4. The molecule has 0 bridgehead atoms. The molecule has 0 unspecified atom stereocenters. The number of aromatic nitrogens is 2. The molecule has 1 N–H and O–H groups in total. The molecule has 2 saturated heterocycles. The second-order valence-corrected chi connectivity index (χ2v) is 9.47. The lowest BCUT2D eigenvalue weighted by atomic mass is 10.0. The number of amides is 1. The van der Waals surface area contributed by atoms with E-state index in [2.05, 4.69) is 20.2 Å². The smallest absolute Gasteiger partial charge is 0.416 e. The van der Waals surface area contributed by atoms with E-state index in [1.807, 2.05) is 13.0 Å². The summed E-state index contributed by atoms with van der Waals surface area (Å²) in [4.78, 5) is 24.0. The lowest BCUT2D eigenvalue weighted by molar-refractivity contribution is -0.137. The summed E-state index contributed by atoms with van der Waals surface area (Å²) >= 11 is 0. The monoisotopic (exact) mass is 558 g/mol. The Bertz CT molecular complexity index is 1320. The first kappa shape index (κ1) is 29.3. The van der Waals surface area contributed by atoms with Gasteiger partial charge in [-0.2, -0.15) is 13.2 Å². The minimum Gasteiger partial charge on any atom is -0.473 e. The van der Waals surface area contributed by atoms with Crippen LogP contribution in [0.1, 0.15) is 41.9 Å². The van der Waals surface area contributed by atoms with Crippen LogP contribution < -0.4 is 15.0 Å². The van der Waals surface area contributed by atoms with Crippen LogP contribution in [0.3, 0.4) is 0 Å². The first-order valence-electron chi connectivity index (χ1n) is 12.8. The average molecular weight is 559 g/mol. The molecular weight excluding hydrogens is 525 g/mol. The van der Waals surface area contributed by atoms with Gasteiger partial charge in [-0.1, -0.05) is 13.5 Å². The average Bonchev–Trinajstić information content (AvgIpc) is 2.95. The second kappa shape index (κ2) is 12.6. The summed E-state index contributed by atoms with van der Waals surface area (Å²) in [6, 6.07) is 8.04. The maximum absolute atomic E-state index is 13.1. The van der Waals surface area contributed by atoms with E-state index in [1.165, 1.54) is 18.3 Å². The molecule has 4 heterocycles. The number of rotatable bonds is 6. The number of hydrogen-bond donors (Lipinski definition) is 1. The lowest BCUT2D eigenvalue weighted by Gasteiger charge is -2.31. The quantitative estimate of drug-likeness (QED) is 0.412. The summed E-state index contributed by atoms with van der Waals surface area (Å²) in [6.45, 7) is 5.73. The third kappa shape index (κ3) is 6.89. The fourth-order valence-electron chi connectivity index (χ4n) is 4.59. The summed E-state index contributed by atoms with van der Waals surface area (Å²) in [5.74, 6) is -0.114. The summed E-state index contributed by atoms with van der Waals surface area (Å²) < 4.78 is 56.6. The van der Waals surface area contributed by atoms with E-state index in [9.17, 15) is 18.0 Å². The zero-order chi connectivity index (χ0) is 27.4. The summed E-state index contributed by atoms with van der Waals surface area (Å²) in [5.41, 5.74) is 2.43. The van der Waals surface area contributed by atoms with E-state index in [4.69, 9.17) is 14.2 Å². The van der Waals surface area contributed by atoms with Crippen LogP contribution in [0, 0.1) is 6.92 Å². The largest absolute Gasteiger partial charge is 0.473 e. The van der Waals surface area contributed by atoms with Gasteiger partial charge in [-0.15, -0.1) is 0 Å². The molecule has 1 amide bonds. The number of hydrogen-bond acceptors (Lipinski definition) is 7. The number of alkyl halides is 3. The van der Waals surface area contributed by atoms with Gasteiger partial charge in [0.05, 0.1) is 43.9 Å². The number of pyridine rings is 2. The van der Waals surface area contributed by atoms with Gasteiger partial charge < -0.3 is 24.4 Å². The zero-order valence-corrected chi connectivity index (χ0v) is 21.5. The van der Waals surface area contributed by atoms with Gasteiger partial charge in [0.2, 0.25) is 5.88 Å². The van der Waals surface area contributed by atoms with Crippen LogP contribution in [0.15, 0.2) is 48.8 Å². The first-order valence-corrected chi connectivity index (χ1v) is 12.8. The van der Waals surface area contributed by atoms with Gasteiger partial charge in [-0.05, 0) is 37.3 Å². The maximum atomic E-state index is 13.1. The molecule has 3 aromatic rings. The number of benzene rings is 1. The van der Waals surface area contributed by atoms with E-state index in [-0.39, 0.29) is 19.1 Å². The van der Waals surface area contributed by atoms with Crippen LogP contribution in [-0.2, 0) is 15.7 Å². The van der Waals surface area contributed by atoms with Crippen molar-refractivity contribution in [3.05, 3.63) is 65.6 Å². The third-order valence-corrected chi connectivity index (χ3v) is 6.74. The topological polar surface area (TPSA) is 85.8 Å². The van der Waals surface area contributed by atoms with Crippen LogP contribution in [0.25, 0.3) is 11.1 Å². The number of aryl methyl sites for hydroxylation is 1. The van der Waals surface area contributed by atoms with Crippen molar-refractivity contribution in [2.24, 2.45) is 0 Å². The Hall–Kier alpha value is -3.70. The fraction of sp³-hybridized carbons (Fsp3) is 0.414. The van der Waals surface area contributed by atoms with Crippen LogP contribution in [-0.4, -0.2) is 61.5 Å². The zero-order valence-electron chi connectivity index (χ0n) is 21.5. The molecule has 40 heavy (non-hydrogen) atoms. The highest BCUT2D eigenvalue weighted by atomic mass is 19.4. The Morgan fingerprint density at radius 2 is 1.75 bits per heavy atom. The Labute approximate surface area is 231 Å². The van der Waals surface area contributed by atoms with Gasteiger partial charge in [0.1, 0.15) is 11.8 Å². The number of carbonyl (C=O) groups is 1. The minimum absolute atomic E-state index is 0. The highest BCUT2D eigenvalue weighted by Crippen LogP contribution is 2.35. The Morgan fingerprint density at radius 3 is 2.48 bits per heavy atom. The van der Waals surface area contributed by atoms with Crippen molar-refractivity contribution >= 4 is 17.3 Å². The van der Waals surface area contributed by atoms with Crippen molar-refractivity contribution in [2.75, 3.05) is 49.7 Å². The van der Waals surface area contributed by atoms with Crippen LogP contribution in [0.5, 0.6) is 5.88 Å². The molecule has 0 radical (unpaired) electrons. The molecule has 0 aliphatic carbocycles. The number of nitrogens with one attached hydrogen (secondary N) is 1. The van der Waals surface area contributed by atoms with Crippen molar-refractivity contribution in [2.45, 2.75) is 39.5 Å². The number of nitrogens with zero attached hydrogens (tertiary/aromatic N) is 3. The molecule has 0 saturated carbocycles. The van der Waals surface area contributed by atoms with Crippen molar-refractivity contribution < 1.29 is 32.2 Å². The molecule has 8 nitrogen and oxygen atoms in total. The van der Waals surface area contributed by atoms with Gasteiger partial charge in [0.25, 0.3) is 5.91 Å². The highest BCUT2D eigenvalue weighted by molar-refractivity contribution is 6.04. The van der Waals surface area contributed by atoms with E-state index in [1.54, 1.807) is 12.3 Å². The Balaban J connectivity index is 0.00000370. The van der Waals surface area contributed by atoms with Crippen LogP contribution >= 0.6 is 0 Å². The molecule has 1 aromatic carbocycles. The molecule has 0 atom stereocenters. The number of ether oxygens (including phenoxy) is 3. The highest BCUT2D eigenvalue weighted by Gasteiger charge is 2.31. The molecule has 2 fully saturated rings. The summed E-state index contributed by atoms with van der Waals surface area (Å²) in [5, 5.41) is 2.67. The number of carbonyl (C=O) groups excluding carboxylic acids is 1. The molecule has 11 heteroatoms. The van der Waals surface area contributed by atoms with Gasteiger partial charge in [0, 0.05) is 54.5 Å². The van der Waals surface area contributed by atoms with Gasteiger partial charge in [-0.25, -0.2) is 4.98 Å². The van der Waals surface area contributed by atoms with Crippen molar-refractivity contribution in [3.8, 4) is 17.0 Å². The minimum atomic E-state index is -4.54. The van der Waals surface area contributed by atoms with Crippen molar-refractivity contribution in [3.63, 3.8) is 0 Å². The Morgan fingerprint density at radius 1 is 1.02 bits per heavy atom. The van der Waals surface area contributed by atoms with Crippen molar-refractivity contribution in [1.29, 1.82) is 0 Å². The van der Waals surface area contributed by atoms with Gasteiger partial charge in [-0.3, -0.25) is 9.78 Å². The molecule has 5 rings (SSSR count). The molecule has 0 spiro atoms. The third-order valence-electron chi connectivity index (χ3n) is 6.74. The fourth-order valence-corrected chi connectivity index (χ4v) is 4.59. The SMILES string of the molecule is C.Cc1ncc(NC(=O)c2cccc(C(F)(F)F)c2)cc1-c1cnc(OC2CCOCC2)c(N2CCOCC2)c1. The number of anilines is 2. The predicted octanol–water partition coefficient (Wildman–Crippen LogP) is 5.75. The first-order chi connectivity index (χ1) is 18.8. The molecule has 2 aliphatic heterocycles. The van der Waals surface area contributed by atoms with Crippen LogP contribution in [0.2, 0.25) is 0 Å². The maximum Gasteiger partial charge on any atom is 0.416 e. The number of halogens is 3. The molecule has 2 aliphatic rings. The van der Waals surface area contributed by atoms with E-state index in [0.29, 0.717) is 56.8 Å². The Kier molecular flexibility index (Phi) is 9.26. The lowest BCUT2D eigenvalue weighted by Crippen LogP contribution is -2.37. The van der Waals surface area contributed by atoms with Crippen molar-refractivity contribution in [1.82, 2.24) is 9.97 Å². The molecule has 2 aromatic heterocycles. The summed E-state index contributed by atoms with van der Waals surface area (Å²) in [6.07, 6.45) is 0.255. The van der Waals surface area contributed by atoms with E-state index >= 15 is 0 Å². The summed E-state index contributed by atoms with van der Waals surface area (Å²) in [7, 11) is 0. The van der Waals surface area contributed by atoms with Gasteiger partial charge >= 0.3 is 6.18 Å². The van der Waals surface area contributed by atoms with Gasteiger partial charge in [0.15, 0.2) is 0 Å². The van der Waals surface area contributed by atoms with Crippen LogP contribution in [0.4, 0.5) is 24.5 Å². The normalized spacial score (nSPS) is 16.2. The standard InChI is InChI=1S/C28H29F3N4O4.CH4/c1-18-24(15-22(17-32-18)34-26(36)19-3-2-4-21(13-19)28(29,30)31)20-14-25(35-7-11-38-12-8-35)27(33-16-20)39-23-5-9-37-10-6-23;/h2-4,13-17,23H,5-12H2,1H3,(H,34,36);1H4. The van der Waals surface area contributed by atoms with E-state index < -0.39 is 17.6 Å². The predicted molar refractivity (Wildman–Crippen MR) is 146 cm³/mol.